The molecule has 12 heavy (non-hydrogen) atoms. The summed E-state index contributed by atoms with van der Waals surface area (Å²) in [6.07, 6.45) is 1.99. The number of esters is 1. The Labute approximate surface area is 73.4 Å². The van der Waals surface area contributed by atoms with Crippen LogP contribution in [-0.2, 0) is 14.3 Å². The van der Waals surface area contributed by atoms with E-state index in [1.807, 2.05) is 0 Å². The lowest BCUT2D eigenvalue weighted by molar-refractivity contribution is -0.142. The Kier molecular flexibility index (Phi) is 11.1. The average Bonchev–Trinajstić information content (AvgIpc) is 1.99. The van der Waals surface area contributed by atoms with E-state index in [2.05, 4.69) is 11.3 Å². The van der Waals surface area contributed by atoms with Gasteiger partial charge in [0.1, 0.15) is 12.4 Å². The molecule has 3 nitrogen and oxygen atoms in total. The van der Waals surface area contributed by atoms with Crippen LogP contribution in [0.25, 0.3) is 0 Å². The van der Waals surface area contributed by atoms with E-state index in [4.69, 9.17) is 0 Å². The monoisotopic (exact) mass is 172 g/mol. The molecule has 3 heteroatoms. The molecule has 0 saturated heterocycles. The minimum Gasteiger partial charge on any atom is -0.461 e. The molecule has 70 valence electrons. The molecular weight excluding hydrogens is 156 g/mol. The maximum absolute atomic E-state index is 10.3. The van der Waals surface area contributed by atoms with Crippen LogP contribution in [0.4, 0.5) is 0 Å². The second-order valence-electron chi connectivity index (χ2n) is 2.23. The van der Waals surface area contributed by atoms with Crippen LogP contribution >= 0.6 is 0 Å². The predicted octanol–water partition coefficient (Wildman–Crippen LogP) is 1.72. The van der Waals surface area contributed by atoms with Crippen molar-refractivity contribution >= 4 is 11.8 Å². The summed E-state index contributed by atoms with van der Waals surface area (Å²) in [5.41, 5.74) is 0. The summed E-state index contributed by atoms with van der Waals surface area (Å²) in [5, 5.41) is 0. The van der Waals surface area contributed by atoms with Crippen LogP contribution in [0.15, 0.2) is 12.7 Å². The van der Waals surface area contributed by atoms with Gasteiger partial charge in [-0.25, -0.2) is 0 Å². The summed E-state index contributed by atoms with van der Waals surface area (Å²) in [6.45, 7) is 8.53. The first-order chi connectivity index (χ1) is 5.54. The van der Waals surface area contributed by atoms with Gasteiger partial charge in [0.25, 0.3) is 0 Å². The van der Waals surface area contributed by atoms with Gasteiger partial charge in [-0.3, -0.25) is 4.79 Å². The van der Waals surface area contributed by atoms with Gasteiger partial charge in [0, 0.05) is 6.42 Å². The lowest BCUT2D eigenvalue weighted by Crippen LogP contribution is -2.00. The van der Waals surface area contributed by atoms with E-state index in [1.165, 1.54) is 13.8 Å². The highest BCUT2D eigenvalue weighted by molar-refractivity contribution is 5.72. The Morgan fingerprint density at radius 2 is 1.83 bits per heavy atom. The van der Waals surface area contributed by atoms with E-state index in [0.717, 1.165) is 0 Å². The lowest BCUT2D eigenvalue weighted by atomic mass is 10.5. The zero-order valence-corrected chi connectivity index (χ0v) is 7.92. The third kappa shape index (κ3) is 23.2. The SMILES string of the molecule is C=CCOC(=O)CC.CC(C)=O. The van der Waals surface area contributed by atoms with Crippen molar-refractivity contribution in [3.05, 3.63) is 12.7 Å². The van der Waals surface area contributed by atoms with Crippen LogP contribution in [0.2, 0.25) is 0 Å². The van der Waals surface area contributed by atoms with Gasteiger partial charge < -0.3 is 9.53 Å². The van der Waals surface area contributed by atoms with Crippen molar-refractivity contribution in [2.24, 2.45) is 0 Å². The van der Waals surface area contributed by atoms with Gasteiger partial charge in [0.15, 0.2) is 0 Å². The second-order valence-corrected chi connectivity index (χ2v) is 2.23. The Balaban J connectivity index is 0. The number of carbonyl (C=O) groups is 2. The fourth-order valence-electron chi connectivity index (χ4n) is 0.254. The molecule has 0 N–H and O–H groups in total. The van der Waals surface area contributed by atoms with Gasteiger partial charge in [-0.15, -0.1) is 0 Å². The molecule has 0 heterocycles. The number of hydrogen-bond donors (Lipinski definition) is 0. The van der Waals surface area contributed by atoms with E-state index in [9.17, 15) is 9.59 Å². The molecule has 0 spiro atoms. The highest BCUT2D eigenvalue weighted by Crippen LogP contribution is 1.82. The molecule has 0 fully saturated rings. The summed E-state index contributed by atoms with van der Waals surface area (Å²) in [5.74, 6) is -0.00935. The summed E-state index contributed by atoms with van der Waals surface area (Å²) >= 11 is 0. The molecule has 0 aromatic heterocycles. The van der Waals surface area contributed by atoms with Gasteiger partial charge in [-0.05, 0) is 13.8 Å². The minimum atomic E-state index is -0.176. The standard InChI is InChI=1S/C6H10O2.C3H6O/c1-3-5-8-6(7)4-2;1-3(2)4/h3H,1,4-5H2,2H3;1-2H3. The topological polar surface area (TPSA) is 43.4 Å². The van der Waals surface area contributed by atoms with Gasteiger partial charge in [0.2, 0.25) is 0 Å². The largest absolute Gasteiger partial charge is 0.461 e. The molecule has 0 saturated carbocycles. The quantitative estimate of drug-likeness (QED) is 0.481. The van der Waals surface area contributed by atoms with Crippen LogP contribution in [0, 0.1) is 0 Å². The number of ketones is 1. The van der Waals surface area contributed by atoms with Crippen molar-refractivity contribution < 1.29 is 14.3 Å². The normalized spacial score (nSPS) is 7.58. The molecule has 0 aliphatic carbocycles. The van der Waals surface area contributed by atoms with Crippen LogP contribution in [-0.4, -0.2) is 18.4 Å². The van der Waals surface area contributed by atoms with Crippen molar-refractivity contribution in [3.8, 4) is 0 Å². The molecule has 0 rings (SSSR count). The van der Waals surface area contributed by atoms with E-state index in [-0.39, 0.29) is 11.8 Å². The highest BCUT2D eigenvalue weighted by Gasteiger charge is 1.92. The fraction of sp³-hybridized carbons (Fsp3) is 0.556. The highest BCUT2D eigenvalue weighted by atomic mass is 16.5. The number of hydrogen-bond acceptors (Lipinski definition) is 3. The Hall–Kier alpha value is -1.12. The van der Waals surface area contributed by atoms with E-state index < -0.39 is 0 Å². The van der Waals surface area contributed by atoms with E-state index in [1.54, 1.807) is 13.0 Å². The third-order valence-corrected chi connectivity index (χ3v) is 0.651. The number of rotatable bonds is 3. The van der Waals surface area contributed by atoms with Crippen molar-refractivity contribution in [2.45, 2.75) is 27.2 Å². The number of carbonyl (C=O) groups excluding carboxylic acids is 2. The third-order valence-electron chi connectivity index (χ3n) is 0.651. The summed E-state index contributed by atoms with van der Waals surface area (Å²) in [7, 11) is 0. The molecule has 0 bridgehead atoms. The number of ether oxygens (including phenoxy) is 1. The molecule has 0 unspecified atom stereocenters. The average molecular weight is 172 g/mol. The molecule has 0 aromatic carbocycles. The predicted molar refractivity (Wildman–Crippen MR) is 47.8 cm³/mol. The zero-order valence-electron chi connectivity index (χ0n) is 7.92. The van der Waals surface area contributed by atoms with Gasteiger partial charge in [0.05, 0.1) is 0 Å². The van der Waals surface area contributed by atoms with E-state index >= 15 is 0 Å². The van der Waals surface area contributed by atoms with Crippen molar-refractivity contribution in [3.63, 3.8) is 0 Å². The fourth-order valence-corrected chi connectivity index (χ4v) is 0.254. The molecule has 0 aliphatic rings. The van der Waals surface area contributed by atoms with Crippen LogP contribution < -0.4 is 0 Å². The Bertz CT molecular complexity index is 146. The molecular formula is C9H16O3. The van der Waals surface area contributed by atoms with Crippen LogP contribution in [0.3, 0.4) is 0 Å². The van der Waals surface area contributed by atoms with Crippen molar-refractivity contribution in [1.82, 2.24) is 0 Å². The van der Waals surface area contributed by atoms with Crippen molar-refractivity contribution in [1.29, 1.82) is 0 Å². The Morgan fingerprint density at radius 1 is 1.42 bits per heavy atom. The smallest absolute Gasteiger partial charge is 0.305 e. The second kappa shape index (κ2) is 9.88. The van der Waals surface area contributed by atoms with Crippen LogP contribution in [0.1, 0.15) is 27.2 Å². The van der Waals surface area contributed by atoms with Gasteiger partial charge in [-0.1, -0.05) is 19.6 Å². The van der Waals surface area contributed by atoms with E-state index in [0.29, 0.717) is 13.0 Å². The van der Waals surface area contributed by atoms with Crippen LogP contribution in [0.5, 0.6) is 0 Å². The Morgan fingerprint density at radius 3 is 2.08 bits per heavy atom. The van der Waals surface area contributed by atoms with Gasteiger partial charge >= 0.3 is 5.97 Å². The first-order valence-electron chi connectivity index (χ1n) is 3.78. The van der Waals surface area contributed by atoms with Gasteiger partial charge in [-0.2, -0.15) is 0 Å². The first-order valence-corrected chi connectivity index (χ1v) is 3.78. The molecule has 0 aromatic rings. The summed E-state index contributed by atoms with van der Waals surface area (Å²) in [4.78, 5) is 19.7. The maximum Gasteiger partial charge on any atom is 0.305 e. The lowest BCUT2D eigenvalue weighted by Gasteiger charge is -1.94. The molecule has 0 amide bonds. The zero-order chi connectivity index (χ0) is 9.98. The minimum absolute atomic E-state index is 0.167. The number of Topliss-reactive ketones (excluding diaryl/α,β-unsaturated/α-hetero) is 1. The molecule has 0 atom stereocenters. The molecule has 0 aliphatic heterocycles. The summed E-state index contributed by atoms with van der Waals surface area (Å²) < 4.78 is 4.58. The molecule has 0 radical (unpaired) electrons. The van der Waals surface area contributed by atoms with Crippen molar-refractivity contribution in [2.75, 3.05) is 6.61 Å². The first kappa shape index (κ1) is 13.5. The maximum atomic E-state index is 10.3. The summed E-state index contributed by atoms with van der Waals surface area (Å²) in [6, 6.07) is 0.